The van der Waals surface area contributed by atoms with Gasteiger partial charge in [0.2, 0.25) is 0 Å². The molecule has 3 rings (SSSR count). The molecule has 0 spiro atoms. The van der Waals surface area contributed by atoms with Gasteiger partial charge in [0, 0.05) is 42.3 Å². The number of hydrogen-bond donors (Lipinski definition) is 0. The second kappa shape index (κ2) is 3.46. The number of rotatable bonds is 1. The molecule has 1 aromatic heterocycles. The molecule has 3 heterocycles. The topological polar surface area (TPSA) is 19.4 Å². The van der Waals surface area contributed by atoms with Gasteiger partial charge in [0.25, 0.3) is 0 Å². The second-order valence-electron chi connectivity index (χ2n) is 4.53. The highest BCUT2D eigenvalue weighted by Crippen LogP contribution is 2.33. The zero-order chi connectivity index (χ0) is 10.4. The van der Waals surface area contributed by atoms with E-state index in [-0.39, 0.29) is 0 Å². The van der Waals surface area contributed by atoms with Gasteiger partial charge in [-0.1, -0.05) is 0 Å². The van der Waals surface area contributed by atoms with Crippen LogP contribution in [0.25, 0.3) is 0 Å². The maximum Gasteiger partial charge on any atom is 0.0564 e. The average molecular weight is 268 g/mol. The smallest absolute Gasteiger partial charge is 0.0564 e. The van der Waals surface area contributed by atoms with E-state index >= 15 is 0 Å². The Morgan fingerprint density at radius 3 is 2.87 bits per heavy atom. The summed E-state index contributed by atoms with van der Waals surface area (Å²) in [5, 5.41) is 0. The fourth-order valence-electron chi connectivity index (χ4n) is 2.68. The van der Waals surface area contributed by atoms with Gasteiger partial charge in [0.1, 0.15) is 0 Å². The number of aromatic nitrogens is 1. The number of likely N-dealkylation sites (tertiary alicyclic amines) is 1. The summed E-state index contributed by atoms with van der Waals surface area (Å²) in [5.41, 5.74) is 1.24. The summed E-state index contributed by atoms with van der Waals surface area (Å²) < 4.78 is 1.06. The Hall–Kier alpha value is -0.610. The van der Waals surface area contributed by atoms with Gasteiger partial charge < -0.3 is 9.80 Å². The molecule has 0 N–H and O–H groups in total. The summed E-state index contributed by atoms with van der Waals surface area (Å²) in [6, 6.07) is 2.92. The van der Waals surface area contributed by atoms with Gasteiger partial charge in [-0.2, -0.15) is 0 Å². The second-order valence-corrected chi connectivity index (χ2v) is 5.45. The minimum absolute atomic E-state index is 0.768. The van der Waals surface area contributed by atoms with Crippen molar-refractivity contribution in [2.24, 2.45) is 5.92 Å². The molecule has 2 saturated heterocycles. The lowest BCUT2D eigenvalue weighted by Gasteiger charge is -2.40. The van der Waals surface area contributed by atoms with E-state index in [0.717, 1.165) is 23.0 Å². The summed E-state index contributed by atoms with van der Waals surface area (Å²) in [5.74, 6) is 0.869. The van der Waals surface area contributed by atoms with Gasteiger partial charge >= 0.3 is 0 Å². The van der Waals surface area contributed by atoms with Crippen LogP contribution in [0.4, 0.5) is 5.69 Å². The highest BCUT2D eigenvalue weighted by atomic mass is 79.9. The predicted octanol–water partition coefficient (Wildman–Crippen LogP) is 1.59. The molecule has 80 valence electrons. The molecule has 2 aliphatic rings. The molecule has 3 nitrogen and oxygen atoms in total. The van der Waals surface area contributed by atoms with Gasteiger partial charge in [-0.3, -0.25) is 4.98 Å². The largest absolute Gasteiger partial charge is 0.368 e. The number of likely N-dealkylation sites (N-methyl/N-ethyl adjacent to an activating group) is 1. The van der Waals surface area contributed by atoms with Crippen molar-refractivity contribution in [2.75, 3.05) is 31.6 Å². The van der Waals surface area contributed by atoms with E-state index in [4.69, 9.17) is 0 Å². The fourth-order valence-corrected chi connectivity index (χ4v) is 3.04. The number of fused-ring (bicyclic) bond motifs is 1. The van der Waals surface area contributed by atoms with Crippen molar-refractivity contribution < 1.29 is 0 Å². The molecular weight excluding hydrogens is 254 g/mol. The number of anilines is 1. The van der Waals surface area contributed by atoms with Crippen LogP contribution in [0.2, 0.25) is 0 Å². The Balaban J connectivity index is 1.79. The van der Waals surface area contributed by atoms with Crippen LogP contribution in [-0.4, -0.2) is 42.6 Å². The third kappa shape index (κ3) is 1.56. The lowest BCUT2D eigenvalue weighted by atomic mass is 9.93. The minimum atomic E-state index is 0.768. The van der Waals surface area contributed by atoms with Crippen LogP contribution in [-0.2, 0) is 0 Å². The third-order valence-corrected chi connectivity index (χ3v) is 3.98. The first-order valence-electron chi connectivity index (χ1n) is 5.30. The van der Waals surface area contributed by atoms with Crippen molar-refractivity contribution in [3.8, 4) is 0 Å². The zero-order valence-corrected chi connectivity index (χ0v) is 10.3. The number of nitrogens with zero attached hydrogens (tertiary/aromatic N) is 3. The quantitative estimate of drug-likeness (QED) is 0.771. The van der Waals surface area contributed by atoms with Crippen molar-refractivity contribution in [1.29, 1.82) is 0 Å². The normalized spacial score (nSPS) is 30.1. The summed E-state index contributed by atoms with van der Waals surface area (Å²) in [7, 11) is 2.21. The standard InChI is InChI=1S/C11H14BrN3/c1-14-5-8-6-15(7-11(8)14)10-2-9(12)3-13-4-10/h2-4,8,11H,5-7H2,1H3/t8-,11+/m0/s1. The van der Waals surface area contributed by atoms with Crippen LogP contribution in [0.5, 0.6) is 0 Å². The first-order valence-corrected chi connectivity index (χ1v) is 6.09. The van der Waals surface area contributed by atoms with E-state index in [1.165, 1.54) is 18.8 Å². The average Bonchev–Trinajstić information content (AvgIpc) is 2.55. The fraction of sp³-hybridized carbons (Fsp3) is 0.545. The van der Waals surface area contributed by atoms with E-state index < -0.39 is 0 Å². The molecule has 0 unspecified atom stereocenters. The Labute approximate surface area is 98.2 Å². The highest BCUT2D eigenvalue weighted by Gasteiger charge is 2.43. The minimum Gasteiger partial charge on any atom is -0.368 e. The van der Waals surface area contributed by atoms with Gasteiger partial charge in [0.15, 0.2) is 0 Å². The van der Waals surface area contributed by atoms with Crippen LogP contribution in [0.3, 0.4) is 0 Å². The summed E-state index contributed by atoms with van der Waals surface area (Å²) in [4.78, 5) is 9.10. The van der Waals surface area contributed by atoms with Crippen LogP contribution in [0, 0.1) is 5.92 Å². The van der Waals surface area contributed by atoms with Gasteiger partial charge in [-0.15, -0.1) is 0 Å². The Bertz CT molecular complexity index is 382. The SMILES string of the molecule is CN1C[C@H]2CN(c3cncc(Br)c3)C[C@H]21. The molecule has 0 radical (unpaired) electrons. The lowest BCUT2D eigenvalue weighted by molar-refractivity contribution is 0.0827. The molecule has 0 amide bonds. The molecule has 2 atom stereocenters. The molecule has 0 saturated carbocycles. The van der Waals surface area contributed by atoms with E-state index in [0.29, 0.717) is 0 Å². The van der Waals surface area contributed by atoms with Crippen molar-refractivity contribution in [3.63, 3.8) is 0 Å². The summed E-state index contributed by atoms with van der Waals surface area (Å²) >= 11 is 3.47. The Morgan fingerprint density at radius 1 is 1.33 bits per heavy atom. The first-order chi connectivity index (χ1) is 7.24. The maximum absolute atomic E-state index is 4.22. The van der Waals surface area contributed by atoms with E-state index in [9.17, 15) is 0 Å². The van der Waals surface area contributed by atoms with Gasteiger partial charge in [-0.25, -0.2) is 0 Å². The van der Waals surface area contributed by atoms with Crippen LogP contribution in [0.1, 0.15) is 0 Å². The van der Waals surface area contributed by atoms with Gasteiger partial charge in [0.05, 0.1) is 11.9 Å². The van der Waals surface area contributed by atoms with Crippen molar-refractivity contribution in [3.05, 3.63) is 22.9 Å². The monoisotopic (exact) mass is 267 g/mol. The molecule has 0 aliphatic carbocycles. The third-order valence-electron chi connectivity index (χ3n) is 3.55. The number of pyridine rings is 1. The zero-order valence-electron chi connectivity index (χ0n) is 8.73. The lowest BCUT2D eigenvalue weighted by Crippen LogP contribution is -2.52. The molecule has 1 aromatic rings. The summed E-state index contributed by atoms with van der Waals surface area (Å²) in [6.45, 7) is 3.59. The summed E-state index contributed by atoms with van der Waals surface area (Å²) in [6.07, 6.45) is 3.79. The molecule has 0 aromatic carbocycles. The molecular formula is C11H14BrN3. The van der Waals surface area contributed by atoms with E-state index in [1.54, 1.807) is 0 Å². The molecule has 4 heteroatoms. The van der Waals surface area contributed by atoms with Crippen molar-refractivity contribution in [2.45, 2.75) is 6.04 Å². The molecule has 15 heavy (non-hydrogen) atoms. The Morgan fingerprint density at radius 2 is 2.20 bits per heavy atom. The number of halogens is 1. The van der Waals surface area contributed by atoms with E-state index in [2.05, 4.69) is 43.8 Å². The molecule has 2 fully saturated rings. The van der Waals surface area contributed by atoms with Crippen LogP contribution < -0.4 is 4.90 Å². The molecule has 2 aliphatic heterocycles. The van der Waals surface area contributed by atoms with Gasteiger partial charge in [-0.05, 0) is 29.0 Å². The maximum atomic E-state index is 4.22. The predicted molar refractivity (Wildman–Crippen MR) is 64.1 cm³/mol. The van der Waals surface area contributed by atoms with E-state index in [1.807, 2.05) is 12.4 Å². The van der Waals surface area contributed by atoms with Crippen molar-refractivity contribution >= 4 is 21.6 Å². The highest BCUT2D eigenvalue weighted by molar-refractivity contribution is 9.10. The van der Waals surface area contributed by atoms with Crippen molar-refractivity contribution in [1.82, 2.24) is 9.88 Å². The molecule has 0 bridgehead atoms. The first kappa shape index (κ1) is 9.60. The Kier molecular flexibility index (Phi) is 2.21. The number of hydrogen-bond acceptors (Lipinski definition) is 3. The van der Waals surface area contributed by atoms with Crippen LogP contribution >= 0.6 is 15.9 Å². The van der Waals surface area contributed by atoms with Crippen LogP contribution in [0.15, 0.2) is 22.9 Å².